The third-order valence-electron chi connectivity index (χ3n) is 2.38. The van der Waals surface area contributed by atoms with Gasteiger partial charge in [0.2, 0.25) is 0 Å². The Kier molecular flexibility index (Phi) is 3.30. The second-order valence-electron chi connectivity index (χ2n) is 3.65. The van der Waals surface area contributed by atoms with E-state index < -0.39 is 15.8 Å². The molecule has 0 aliphatic carbocycles. The van der Waals surface area contributed by atoms with E-state index in [0.717, 1.165) is 0 Å². The highest BCUT2D eigenvalue weighted by Gasteiger charge is 2.16. The van der Waals surface area contributed by atoms with Crippen molar-refractivity contribution in [3.05, 3.63) is 28.7 Å². The second kappa shape index (κ2) is 4.64. The quantitative estimate of drug-likeness (QED) is 0.499. The molecule has 0 amide bonds. The maximum absolute atomic E-state index is 11.9. The van der Waals surface area contributed by atoms with Crippen LogP contribution in [0.25, 0.3) is 11.1 Å². The zero-order valence-corrected chi connectivity index (χ0v) is 11.3. The Labute approximate surface area is 113 Å². The molecule has 0 bridgehead atoms. The Morgan fingerprint density at radius 2 is 2.16 bits per heavy atom. The molecule has 0 unspecified atom stereocenters. The topological polar surface area (TPSA) is 119 Å². The molecule has 1 aromatic heterocycles. The van der Waals surface area contributed by atoms with E-state index in [0.29, 0.717) is 5.52 Å². The minimum Gasteiger partial charge on any atom is -0.408 e. The molecular formula is C9H10N4O4S2. The lowest BCUT2D eigenvalue weighted by molar-refractivity contribution is 0.527. The van der Waals surface area contributed by atoms with Crippen molar-refractivity contribution < 1.29 is 12.8 Å². The van der Waals surface area contributed by atoms with Gasteiger partial charge < -0.3 is 10.2 Å². The molecule has 0 atom stereocenters. The number of nitrogens with zero attached hydrogens (tertiary/aromatic N) is 1. The fourth-order valence-corrected chi connectivity index (χ4v) is 2.44. The average Bonchev–Trinajstić information content (AvgIpc) is 2.62. The molecule has 2 rings (SSSR count). The minimum absolute atomic E-state index is 0.0851. The van der Waals surface area contributed by atoms with Gasteiger partial charge in [-0.25, -0.2) is 13.2 Å². The fourth-order valence-electron chi connectivity index (χ4n) is 1.46. The standard InChI is InChI=1S/C9H10N4O4S2/c1-13-6-3-2-5(4-7(6)17-9(13)14)19(15,16)12-11-8(10)18/h2-4,12H,1H3,(H3,10,11,18). The molecule has 0 saturated heterocycles. The maximum atomic E-state index is 11.9. The molecule has 19 heavy (non-hydrogen) atoms. The first-order chi connectivity index (χ1) is 8.81. The molecule has 0 aliphatic heterocycles. The van der Waals surface area contributed by atoms with Gasteiger partial charge in [0, 0.05) is 13.1 Å². The SMILES string of the molecule is Cn1c(=O)oc2cc(S(=O)(=O)NNC(N)=S)ccc21. The zero-order chi connectivity index (χ0) is 14.2. The summed E-state index contributed by atoms with van der Waals surface area (Å²) in [5.41, 5.74) is 7.91. The molecule has 10 heteroatoms. The van der Waals surface area contributed by atoms with Crippen LogP contribution in [0, 0.1) is 0 Å². The number of hydrogen-bond acceptors (Lipinski definition) is 5. The molecule has 102 valence electrons. The van der Waals surface area contributed by atoms with Crippen molar-refractivity contribution in [3.8, 4) is 0 Å². The highest BCUT2D eigenvalue weighted by molar-refractivity contribution is 7.89. The third kappa shape index (κ3) is 2.59. The second-order valence-corrected chi connectivity index (χ2v) is 5.77. The van der Waals surface area contributed by atoms with Gasteiger partial charge in [-0.1, -0.05) is 0 Å². The summed E-state index contributed by atoms with van der Waals surface area (Å²) in [5, 5.41) is -0.212. The third-order valence-corrected chi connectivity index (χ3v) is 3.73. The van der Waals surface area contributed by atoms with Crippen molar-refractivity contribution in [1.82, 2.24) is 14.8 Å². The zero-order valence-electron chi connectivity index (χ0n) is 9.71. The normalized spacial score (nSPS) is 11.6. The Morgan fingerprint density at radius 1 is 1.47 bits per heavy atom. The first-order valence-electron chi connectivity index (χ1n) is 4.98. The average molecular weight is 302 g/mol. The van der Waals surface area contributed by atoms with Crippen molar-refractivity contribution in [2.75, 3.05) is 0 Å². The Bertz CT molecular complexity index is 805. The maximum Gasteiger partial charge on any atom is 0.419 e. The van der Waals surface area contributed by atoms with Gasteiger partial charge in [0.1, 0.15) is 0 Å². The van der Waals surface area contributed by atoms with Crippen molar-refractivity contribution in [3.63, 3.8) is 0 Å². The predicted octanol–water partition coefficient (Wildman–Crippen LogP) is -0.842. The molecule has 0 aliphatic rings. The van der Waals surface area contributed by atoms with Crippen LogP contribution in [0.1, 0.15) is 0 Å². The summed E-state index contributed by atoms with van der Waals surface area (Å²) in [6.07, 6.45) is 0. The number of rotatable bonds is 3. The summed E-state index contributed by atoms with van der Waals surface area (Å²) >= 11 is 4.49. The van der Waals surface area contributed by atoms with Gasteiger partial charge in [-0.05, 0) is 24.4 Å². The number of oxazole rings is 1. The van der Waals surface area contributed by atoms with Crippen molar-refractivity contribution in [1.29, 1.82) is 0 Å². The molecule has 1 heterocycles. The molecule has 2 aromatic rings. The van der Waals surface area contributed by atoms with Crippen LogP contribution in [-0.2, 0) is 17.1 Å². The predicted molar refractivity (Wildman–Crippen MR) is 71.7 cm³/mol. The lowest BCUT2D eigenvalue weighted by atomic mass is 10.3. The Morgan fingerprint density at radius 3 is 2.79 bits per heavy atom. The van der Waals surface area contributed by atoms with Gasteiger partial charge in [0.05, 0.1) is 10.4 Å². The largest absolute Gasteiger partial charge is 0.419 e. The first-order valence-corrected chi connectivity index (χ1v) is 6.87. The van der Waals surface area contributed by atoms with Crippen LogP contribution >= 0.6 is 12.2 Å². The Balaban J connectivity index is 2.46. The monoisotopic (exact) mass is 302 g/mol. The number of sulfonamides is 1. The van der Waals surface area contributed by atoms with E-state index in [2.05, 4.69) is 17.6 Å². The lowest BCUT2D eigenvalue weighted by Gasteiger charge is -2.07. The molecule has 1 aromatic carbocycles. The van der Waals surface area contributed by atoms with E-state index >= 15 is 0 Å². The molecule has 0 spiro atoms. The van der Waals surface area contributed by atoms with Crippen LogP contribution in [-0.4, -0.2) is 18.1 Å². The van der Waals surface area contributed by atoms with Gasteiger partial charge in [0.15, 0.2) is 10.7 Å². The van der Waals surface area contributed by atoms with Crippen LogP contribution in [0.3, 0.4) is 0 Å². The van der Waals surface area contributed by atoms with Gasteiger partial charge in [-0.2, -0.15) is 0 Å². The van der Waals surface area contributed by atoms with Crippen LogP contribution in [0.5, 0.6) is 0 Å². The number of aromatic nitrogens is 1. The highest BCUT2D eigenvalue weighted by Crippen LogP contribution is 2.17. The number of nitrogens with two attached hydrogens (primary N) is 1. The number of nitrogens with one attached hydrogen (secondary N) is 2. The fraction of sp³-hybridized carbons (Fsp3) is 0.111. The lowest BCUT2D eigenvalue weighted by Crippen LogP contribution is -2.44. The van der Waals surface area contributed by atoms with Crippen molar-refractivity contribution in [2.45, 2.75) is 4.90 Å². The van der Waals surface area contributed by atoms with Crippen LogP contribution in [0.2, 0.25) is 0 Å². The van der Waals surface area contributed by atoms with Crippen molar-refractivity contribution in [2.24, 2.45) is 12.8 Å². The summed E-state index contributed by atoms with van der Waals surface area (Å²) in [6, 6.07) is 4.04. The van der Waals surface area contributed by atoms with Gasteiger partial charge in [-0.15, -0.1) is 4.83 Å². The molecule has 4 N–H and O–H groups in total. The first kappa shape index (κ1) is 13.5. The molecule has 0 fully saturated rings. The van der Waals surface area contributed by atoms with E-state index in [9.17, 15) is 13.2 Å². The summed E-state index contributed by atoms with van der Waals surface area (Å²) in [5.74, 6) is -0.571. The van der Waals surface area contributed by atoms with Crippen LogP contribution in [0.15, 0.2) is 32.3 Å². The Hall–Kier alpha value is -1.91. The molecule has 0 saturated carbocycles. The number of hydrazine groups is 1. The van der Waals surface area contributed by atoms with E-state index in [1.807, 2.05) is 4.83 Å². The molecular weight excluding hydrogens is 292 g/mol. The number of aryl methyl sites for hydroxylation is 1. The van der Waals surface area contributed by atoms with E-state index in [1.165, 1.54) is 29.8 Å². The molecule has 0 radical (unpaired) electrons. The molecule has 8 nitrogen and oxygen atoms in total. The van der Waals surface area contributed by atoms with Gasteiger partial charge >= 0.3 is 5.76 Å². The van der Waals surface area contributed by atoms with Crippen molar-refractivity contribution >= 4 is 38.5 Å². The van der Waals surface area contributed by atoms with E-state index in [-0.39, 0.29) is 15.6 Å². The van der Waals surface area contributed by atoms with E-state index in [4.69, 9.17) is 10.2 Å². The summed E-state index contributed by atoms with van der Waals surface area (Å²) in [6.45, 7) is 0. The van der Waals surface area contributed by atoms with Gasteiger partial charge in [0.25, 0.3) is 10.0 Å². The van der Waals surface area contributed by atoms with Crippen LogP contribution in [0.4, 0.5) is 0 Å². The number of benzene rings is 1. The summed E-state index contributed by atoms with van der Waals surface area (Å²) in [4.78, 5) is 13.2. The highest BCUT2D eigenvalue weighted by atomic mass is 32.2. The number of fused-ring (bicyclic) bond motifs is 1. The smallest absolute Gasteiger partial charge is 0.408 e. The summed E-state index contributed by atoms with van der Waals surface area (Å²) in [7, 11) is -2.33. The number of thiocarbonyl (C=S) groups is 1. The summed E-state index contributed by atoms with van der Waals surface area (Å²) < 4.78 is 29.9. The number of hydrogen-bond donors (Lipinski definition) is 3. The van der Waals surface area contributed by atoms with Gasteiger partial charge in [-0.3, -0.25) is 9.99 Å². The van der Waals surface area contributed by atoms with E-state index in [1.54, 1.807) is 0 Å². The minimum atomic E-state index is -3.85. The van der Waals surface area contributed by atoms with Crippen LogP contribution < -0.4 is 21.7 Å².